The van der Waals surface area contributed by atoms with E-state index >= 15 is 0 Å². The van der Waals surface area contributed by atoms with Crippen molar-refractivity contribution in [2.45, 2.75) is 12.5 Å². The second-order valence-corrected chi connectivity index (χ2v) is 5.25. The van der Waals surface area contributed by atoms with Crippen molar-refractivity contribution in [2.75, 3.05) is 11.9 Å². The van der Waals surface area contributed by atoms with E-state index in [0.717, 1.165) is 0 Å². The molecule has 24 heavy (non-hydrogen) atoms. The number of carbonyl (C=O) groups excluding carboxylic acids is 2. The molecule has 0 bridgehead atoms. The number of hydrogen-bond donors (Lipinski definition) is 3. The Hall–Kier alpha value is -2.92. The highest BCUT2D eigenvalue weighted by Gasteiger charge is 2.13. The Morgan fingerprint density at radius 2 is 1.75 bits per heavy atom. The van der Waals surface area contributed by atoms with Gasteiger partial charge in [-0.2, -0.15) is 0 Å². The van der Waals surface area contributed by atoms with Crippen LogP contribution in [0.4, 0.5) is 5.69 Å². The Labute approximate surface area is 141 Å². The van der Waals surface area contributed by atoms with Gasteiger partial charge in [-0.25, -0.2) is 0 Å². The van der Waals surface area contributed by atoms with E-state index in [1.165, 1.54) is 0 Å². The maximum absolute atomic E-state index is 12.0. The molecule has 2 aromatic carbocycles. The molecule has 0 radical (unpaired) electrons. The van der Waals surface area contributed by atoms with Crippen molar-refractivity contribution < 1.29 is 14.7 Å². The lowest BCUT2D eigenvalue weighted by Crippen LogP contribution is -2.23. The number of nitrogens with one attached hydrogen (secondary N) is 2. The Kier molecular flexibility index (Phi) is 6.28. The molecule has 0 heterocycles. The van der Waals surface area contributed by atoms with Gasteiger partial charge in [0.1, 0.15) is 0 Å². The zero-order chi connectivity index (χ0) is 17.4. The molecule has 0 fully saturated rings. The molecule has 5 heteroatoms. The molecular weight excluding hydrogens is 304 g/mol. The molecule has 1 unspecified atom stereocenters. The van der Waals surface area contributed by atoms with Crippen LogP contribution in [0.5, 0.6) is 0 Å². The number of amides is 2. The summed E-state index contributed by atoms with van der Waals surface area (Å²) in [5, 5.41) is 15.4. The first kappa shape index (κ1) is 17.4. The van der Waals surface area contributed by atoms with Crippen molar-refractivity contribution in [3.63, 3.8) is 0 Å². The average Bonchev–Trinajstić information content (AvgIpc) is 2.61. The van der Waals surface area contributed by atoms with Gasteiger partial charge in [-0.3, -0.25) is 9.59 Å². The smallest absolute Gasteiger partial charge is 0.251 e. The number of benzene rings is 2. The molecule has 0 spiro atoms. The first-order chi connectivity index (χ1) is 11.6. The van der Waals surface area contributed by atoms with Gasteiger partial charge in [0.05, 0.1) is 12.5 Å². The van der Waals surface area contributed by atoms with Gasteiger partial charge in [-0.15, -0.1) is 6.58 Å². The Morgan fingerprint density at radius 1 is 1.08 bits per heavy atom. The van der Waals surface area contributed by atoms with Crippen molar-refractivity contribution in [2.24, 2.45) is 0 Å². The summed E-state index contributed by atoms with van der Waals surface area (Å²) in [7, 11) is 0. The van der Waals surface area contributed by atoms with E-state index < -0.39 is 6.10 Å². The van der Waals surface area contributed by atoms with Gasteiger partial charge < -0.3 is 15.7 Å². The van der Waals surface area contributed by atoms with Crippen molar-refractivity contribution in [3.8, 4) is 0 Å². The van der Waals surface area contributed by atoms with E-state index in [4.69, 9.17) is 0 Å². The number of aliphatic hydroxyl groups is 1. The molecule has 2 aromatic rings. The number of aliphatic hydroxyl groups excluding tert-OH is 1. The number of carbonyl (C=O) groups is 2. The minimum atomic E-state index is -0.852. The average molecular weight is 324 g/mol. The van der Waals surface area contributed by atoms with Crippen LogP contribution in [0.3, 0.4) is 0 Å². The third-order valence-corrected chi connectivity index (χ3v) is 3.40. The van der Waals surface area contributed by atoms with Crippen LogP contribution in [0.25, 0.3) is 0 Å². The minimum Gasteiger partial charge on any atom is -0.388 e. The molecule has 3 N–H and O–H groups in total. The lowest BCUT2D eigenvalue weighted by atomic mass is 10.1. The van der Waals surface area contributed by atoms with Crippen molar-refractivity contribution in [1.29, 1.82) is 0 Å². The summed E-state index contributed by atoms with van der Waals surface area (Å²) in [5.74, 6) is -0.498. The van der Waals surface area contributed by atoms with Gasteiger partial charge in [0.25, 0.3) is 5.91 Å². The number of hydrogen-bond acceptors (Lipinski definition) is 3. The van der Waals surface area contributed by atoms with Crippen molar-refractivity contribution in [1.82, 2.24) is 5.32 Å². The highest BCUT2D eigenvalue weighted by atomic mass is 16.3. The predicted molar refractivity (Wildman–Crippen MR) is 93.6 cm³/mol. The third kappa shape index (κ3) is 5.07. The highest BCUT2D eigenvalue weighted by Crippen LogP contribution is 2.17. The molecule has 1 atom stereocenters. The van der Waals surface area contributed by atoms with E-state index in [-0.39, 0.29) is 18.2 Å². The molecule has 0 aliphatic heterocycles. The quantitative estimate of drug-likeness (QED) is 0.685. The fraction of sp³-hybridized carbons (Fsp3) is 0.158. The summed E-state index contributed by atoms with van der Waals surface area (Å²) in [4.78, 5) is 23.8. The van der Waals surface area contributed by atoms with Crippen molar-refractivity contribution >= 4 is 17.5 Å². The third-order valence-electron chi connectivity index (χ3n) is 3.40. The molecule has 2 rings (SSSR count). The topological polar surface area (TPSA) is 78.4 Å². The Bertz CT molecular complexity index is 696. The van der Waals surface area contributed by atoms with Crippen LogP contribution in [0.2, 0.25) is 0 Å². The summed E-state index contributed by atoms with van der Waals surface area (Å²) in [5.41, 5.74) is 1.77. The lowest BCUT2D eigenvalue weighted by Gasteiger charge is -2.11. The van der Waals surface area contributed by atoms with Crippen LogP contribution in [-0.2, 0) is 4.79 Å². The molecule has 0 aliphatic rings. The van der Waals surface area contributed by atoms with Crippen LogP contribution < -0.4 is 10.6 Å². The summed E-state index contributed by atoms with van der Waals surface area (Å²) in [6.45, 7) is 3.93. The van der Waals surface area contributed by atoms with Gasteiger partial charge in [0, 0.05) is 17.8 Å². The second kappa shape index (κ2) is 8.64. The fourth-order valence-corrected chi connectivity index (χ4v) is 2.15. The lowest BCUT2D eigenvalue weighted by molar-refractivity contribution is -0.118. The molecule has 2 amide bonds. The zero-order valence-electron chi connectivity index (χ0n) is 13.2. The summed E-state index contributed by atoms with van der Waals surface area (Å²) >= 11 is 0. The predicted octanol–water partition coefficient (Wildman–Crippen LogP) is 2.66. The largest absolute Gasteiger partial charge is 0.388 e. The molecule has 124 valence electrons. The van der Waals surface area contributed by atoms with E-state index in [1.807, 2.05) is 18.2 Å². The van der Waals surface area contributed by atoms with Crippen LogP contribution in [0.15, 0.2) is 67.3 Å². The molecule has 0 aliphatic carbocycles. The zero-order valence-corrected chi connectivity index (χ0v) is 13.2. The first-order valence-corrected chi connectivity index (χ1v) is 7.62. The molecule has 5 nitrogen and oxygen atoms in total. The fourth-order valence-electron chi connectivity index (χ4n) is 2.15. The second-order valence-electron chi connectivity index (χ2n) is 5.25. The van der Waals surface area contributed by atoms with Crippen LogP contribution in [0, 0.1) is 0 Å². The molecule has 0 saturated carbocycles. The first-order valence-electron chi connectivity index (χ1n) is 7.62. The molecular formula is C19H20N2O3. The van der Waals surface area contributed by atoms with E-state index in [1.54, 1.807) is 42.5 Å². The Morgan fingerprint density at radius 3 is 2.38 bits per heavy atom. The number of anilines is 1. The van der Waals surface area contributed by atoms with Crippen LogP contribution in [0.1, 0.15) is 28.4 Å². The van der Waals surface area contributed by atoms with Gasteiger partial charge in [-0.05, 0) is 29.8 Å². The van der Waals surface area contributed by atoms with Gasteiger partial charge in [-0.1, -0.05) is 36.4 Å². The summed E-state index contributed by atoms with van der Waals surface area (Å²) in [6, 6.07) is 15.6. The highest BCUT2D eigenvalue weighted by molar-refractivity contribution is 5.95. The monoisotopic (exact) mass is 324 g/mol. The summed E-state index contributed by atoms with van der Waals surface area (Å²) < 4.78 is 0. The molecule has 0 aromatic heterocycles. The Balaban J connectivity index is 1.90. The number of rotatable bonds is 7. The van der Waals surface area contributed by atoms with Crippen LogP contribution in [-0.4, -0.2) is 23.5 Å². The van der Waals surface area contributed by atoms with E-state index in [2.05, 4.69) is 17.2 Å². The van der Waals surface area contributed by atoms with Crippen molar-refractivity contribution in [3.05, 3.63) is 78.4 Å². The minimum absolute atomic E-state index is 0.0361. The standard InChI is InChI=1S/C19H20N2O3/c1-2-12-20-19(24)15-8-10-16(11-9-15)21-18(23)13-17(22)14-6-4-3-5-7-14/h2-11,17,22H,1,12-13H2,(H,20,24)(H,21,23). The van der Waals surface area contributed by atoms with Gasteiger partial charge in [0.15, 0.2) is 0 Å². The maximum atomic E-state index is 12.0. The SMILES string of the molecule is C=CCNC(=O)c1ccc(NC(=O)CC(O)c2ccccc2)cc1. The maximum Gasteiger partial charge on any atom is 0.251 e. The van der Waals surface area contributed by atoms with E-state index in [9.17, 15) is 14.7 Å². The van der Waals surface area contributed by atoms with Crippen LogP contribution >= 0.6 is 0 Å². The summed E-state index contributed by atoms with van der Waals surface area (Å²) in [6.07, 6.45) is 0.714. The van der Waals surface area contributed by atoms with E-state index in [0.29, 0.717) is 23.4 Å². The van der Waals surface area contributed by atoms with Gasteiger partial charge >= 0.3 is 0 Å². The van der Waals surface area contributed by atoms with Gasteiger partial charge in [0.2, 0.25) is 5.91 Å². The molecule has 0 saturated heterocycles. The normalized spacial score (nSPS) is 11.4.